The predicted octanol–water partition coefficient (Wildman–Crippen LogP) is 3.77. The minimum absolute atomic E-state index is 0.227. The summed E-state index contributed by atoms with van der Waals surface area (Å²) in [6.07, 6.45) is 0.950. The SMILES string of the molecule is CCCOc1cccc2ccc(F)cc12. The first-order chi connectivity index (χ1) is 7.31. The van der Waals surface area contributed by atoms with Crippen LogP contribution in [0.2, 0.25) is 0 Å². The number of hydrogen-bond acceptors (Lipinski definition) is 1. The molecule has 2 aromatic rings. The molecule has 15 heavy (non-hydrogen) atoms. The van der Waals surface area contributed by atoms with Crippen LogP contribution in [-0.4, -0.2) is 6.61 Å². The zero-order chi connectivity index (χ0) is 10.7. The fourth-order valence-electron chi connectivity index (χ4n) is 1.55. The highest BCUT2D eigenvalue weighted by atomic mass is 19.1. The molecule has 0 bridgehead atoms. The standard InChI is InChI=1S/C13H13FO/c1-2-8-15-13-5-3-4-10-6-7-11(14)9-12(10)13/h3-7,9H,2,8H2,1H3. The third-order valence-corrected chi connectivity index (χ3v) is 2.27. The first kappa shape index (κ1) is 9.97. The molecule has 0 atom stereocenters. The van der Waals surface area contributed by atoms with E-state index in [0.29, 0.717) is 6.61 Å². The first-order valence-corrected chi connectivity index (χ1v) is 5.12. The molecule has 0 amide bonds. The van der Waals surface area contributed by atoms with Crippen molar-refractivity contribution in [2.75, 3.05) is 6.61 Å². The Balaban J connectivity index is 2.48. The second-order valence-electron chi connectivity index (χ2n) is 3.47. The van der Waals surface area contributed by atoms with Crippen molar-refractivity contribution in [3.8, 4) is 5.75 Å². The van der Waals surface area contributed by atoms with E-state index in [4.69, 9.17) is 4.74 Å². The number of ether oxygens (including phenoxy) is 1. The van der Waals surface area contributed by atoms with Crippen molar-refractivity contribution in [2.45, 2.75) is 13.3 Å². The topological polar surface area (TPSA) is 9.23 Å². The van der Waals surface area contributed by atoms with Crippen LogP contribution < -0.4 is 4.74 Å². The van der Waals surface area contributed by atoms with E-state index in [-0.39, 0.29) is 5.82 Å². The summed E-state index contributed by atoms with van der Waals surface area (Å²) in [5.74, 6) is 0.531. The molecule has 0 saturated carbocycles. The third-order valence-electron chi connectivity index (χ3n) is 2.27. The summed E-state index contributed by atoms with van der Waals surface area (Å²) >= 11 is 0. The molecule has 0 aliphatic carbocycles. The summed E-state index contributed by atoms with van der Waals surface area (Å²) in [6.45, 7) is 2.71. The number of benzene rings is 2. The molecule has 0 radical (unpaired) electrons. The molecule has 0 aliphatic heterocycles. The molecule has 78 valence electrons. The highest BCUT2D eigenvalue weighted by Crippen LogP contribution is 2.26. The lowest BCUT2D eigenvalue weighted by atomic mass is 10.1. The fraction of sp³-hybridized carbons (Fsp3) is 0.231. The Morgan fingerprint density at radius 1 is 1.20 bits per heavy atom. The van der Waals surface area contributed by atoms with Crippen molar-refractivity contribution in [2.24, 2.45) is 0 Å². The van der Waals surface area contributed by atoms with Crippen LogP contribution in [0, 0.1) is 5.82 Å². The van der Waals surface area contributed by atoms with Gasteiger partial charge in [0.25, 0.3) is 0 Å². The molecule has 0 saturated heterocycles. The predicted molar refractivity (Wildman–Crippen MR) is 59.7 cm³/mol. The highest BCUT2D eigenvalue weighted by molar-refractivity contribution is 5.88. The highest BCUT2D eigenvalue weighted by Gasteiger charge is 2.02. The average Bonchev–Trinajstić information content (AvgIpc) is 2.26. The van der Waals surface area contributed by atoms with Crippen molar-refractivity contribution in [1.82, 2.24) is 0 Å². The second-order valence-corrected chi connectivity index (χ2v) is 3.47. The van der Waals surface area contributed by atoms with Crippen LogP contribution >= 0.6 is 0 Å². The van der Waals surface area contributed by atoms with Crippen LogP contribution in [0.4, 0.5) is 4.39 Å². The molecule has 1 nitrogen and oxygen atoms in total. The molecule has 0 aliphatic rings. The lowest BCUT2D eigenvalue weighted by molar-refractivity contribution is 0.321. The molecule has 0 N–H and O–H groups in total. The number of halogens is 1. The van der Waals surface area contributed by atoms with Gasteiger partial charge in [0.15, 0.2) is 0 Å². The van der Waals surface area contributed by atoms with Crippen molar-refractivity contribution >= 4 is 10.8 Å². The van der Waals surface area contributed by atoms with E-state index in [1.807, 2.05) is 25.1 Å². The molecule has 0 unspecified atom stereocenters. The van der Waals surface area contributed by atoms with Gasteiger partial charge in [-0.05, 0) is 30.0 Å². The lowest BCUT2D eigenvalue weighted by Gasteiger charge is -2.08. The Morgan fingerprint density at radius 3 is 2.87 bits per heavy atom. The van der Waals surface area contributed by atoms with Gasteiger partial charge in [-0.15, -0.1) is 0 Å². The maximum Gasteiger partial charge on any atom is 0.127 e. The second kappa shape index (κ2) is 4.30. The summed E-state index contributed by atoms with van der Waals surface area (Å²) in [6, 6.07) is 10.5. The molecule has 2 rings (SSSR count). The summed E-state index contributed by atoms with van der Waals surface area (Å²) in [4.78, 5) is 0. The van der Waals surface area contributed by atoms with Crippen molar-refractivity contribution in [3.05, 3.63) is 42.2 Å². The van der Waals surface area contributed by atoms with E-state index < -0.39 is 0 Å². The van der Waals surface area contributed by atoms with E-state index >= 15 is 0 Å². The average molecular weight is 204 g/mol. The first-order valence-electron chi connectivity index (χ1n) is 5.12. The summed E-state index contributed by atoms with van der Waals surface area (Å²) in [5.41, 5.74) is 0. The van der Waals surface area contributed by atoms with Crippen LogP contribution in [0.3, 0.4) is 0 Å². The third kappa shape index (κ3) is 2.09. The van der Waals surface area contributed by atoms with Gasteiger partial charge < -0.3 is 4.74 Å². The Hall–Kier alpha value is -1.57. The smallest absolute Gasteiger partial charge is 0.127 e. The minimum atomic E-state index is -0.227. The van der Waals surface area contributed by atoms with Crippen LogP contribution in [0.15, 0.2) is 36.4 Å². The summed E-state index contributed by atoms with van der Waals surface area (Å²) < 4.78 is 18.6. The van der Waals surface area contributed by atoms with Gasteiger partial charge in [0.05, 0.1) is 6.61 Å². The maximum atomic E-state index is 13.1. The van der Waals surface area contributed by atoms with Crippen molar-refractivity contribution in [3.63, 3.8) is 0 Å². The quantitative estimate of drug-likeness (QED) is 0.739. The number of fused-ring (bicyclic) bond motifs is 1. The van der Waals surface area contributed by atoms with E-state index in [9.17, 15) is 4.39 Å². The number of hydrogen-bond donors (Lipinski definition) is 0. The largest absolute Gasteiger partial charge is 0.493 e. The van der Waals surface area contributed by atoms with Gasteiger partial charge in [-0.25, -0.2) is 4.39 Å². The zero-order valence-electron chi connectivity index (χ0n) is 8.66. The van der Waals surface area contributed by atoms with E-state index in [1.165, 1.54) is 12.1 Å². The van der Waals surface area contributed by atoms with Gasteiger partial charge in [-0.2, -0.15) is 0 Å². The molecule has 0 fully saturated rings. The van der Waals surface area contributed by atoms with E-state index in [0.717, 1.165) is 22.9 Å². The maximum absolute atomic E-state index is 13.1. The number of rotatable bonds is 3. The summed E-state index contributed by atoms with van der Waals surface area (Å²) in [5, 5.41) is 1.84. The van der Waals surface area contributed by atoms with E-state index in [2.05, 4.69) is 0 Å². The zero-order valence-corrected chi connectivity index (χ0v) is 8.66. The van der Waals surface area contributed by atoms with Gasteiger partial charge in [0.2, 0.25) is 0 Å². The molecular formula is C13H13FO. The molecular weight excluding hydrogens is 191 g/mol. The van der Waals surface area contributed by atoms with E-state index in [1.54, 1.807) is 6.07 Å². The van der Waals surface area contributed by atoms with Gasteiger partial charge in [0, 0.05) is 5.39 Å². The van der Waals surface area contributed by atoms with Crippen molar-refractivity contribution in [1.29, 1.82) is 0 Å². The lowest BCUT2D eigenvalue weighted by Crippen LogP contribution is -1.95. The van der Waals surface area contributed by atoms with Crippen LogP contribution in [0.5, 0.6) is 5.75 Å². The molecule has 2 heteroatoms. The van der Waals surface area contributed by atoms with Gasteiger partial charge in [0.1, 0.15) is 11.6 Å². The Kier molecular flexibility index (Phi) is 2.86. The Labute approximate surface area is 88.5 Å². The van der Waals surface area contributed by atoms with Crippen LogP contribution in [0.1, 0.15) is 13.3 Å². The Morgan fingerprint density at radius 2 is 2.07 bits per heavy atom. The Bertz CT molecular complexity index is 465. The summed E-state index contributed by atoms with van der Waals surface area (Å²) in [7, 11) is 0. The van der Waals surface area contributed by atoms with Gasteiger partial charge in [-0.3, -0.25) is 0 Å². The molecule has 2 aromatic carbocycles. The monoisotopic (exact) mass is 204 g/mol. The normalized spacial score (nSPS) is 10.5. The van der Waals surface area contributed by atoms with Crippen LogP contribution in [-0.2, 0) is 0 Å². The van der Waals surface area contributed by atoms with Crippen LogP contribution in [0.25, 0.3) is 10.8 Å². The molecule has 0 heterocycles. The molecule has 0 spiro atoms. The molecule has 0 aromatic heterocycles. The fourth-order valence-corrected chi connectivity index (χ4v) is 1.55. The minimum Gasteiger partial charge on any atom is -0.493 e. The van der Waals surface area contributed by atoms with Gasteiger partial charge >= 0.3 is 0 Å². The van der Waals surface area contributed by atoms with Gasteiger partial charge in [-0.1, -0.05) is 25.1 Å². The van der Waals surface area contributed by atoms with Crippen molar-refractivity contribution < 1.29 is 9.13 Å².